The summed E-state index contributed by atoms with van der Waals surface area (Å²) in [6.07, 6.45) is 7.30. The van der Waals surface area contributed by atoms with Crippen molar-refractivity contribution in [1.82, 2.24) is 0 Å². The summed E-state index contributed by atoms with van der Waals surface area (Å²) in [5.74, 6) is -2.75. The molecule has 0 fully saturated rings. The fourth-order valence-electron chi connectivity index (χ4n) is 1.81. The Morgan fingerprint density at radius 3 is 1.80 bits per heavy atom. The van der Waals surface area contributed by atoms with Gasteiger partial charge in [0.15, 0.2) is 0 Å². The highest BCUT2D eigenvalue weighted by atomic mass is 16.4. The second-order valence-electron chi connectivity index (χ2n) is 5.17. The van der Waals surface area contributed by atoms with E-state index in [-0.39, 0.29) is 0 Å². The van der Waals surface area contributed by atoms with Crippen molar-refractivity contribution in [2.45, 2.75) is 53.4 Å². The zero-order valence-corrected chi connectivity index (χ0v) is 12.7. The van der Waals surface area contributed by atoms with Crippen molar-refractivity contribution in [1.29, 1.82) is 0 Å². The molecule has 4 heteroatoms. The minimum atomic E-state index is -1.38. The first-order valence-corrected chi connectivity index (χ1v) is 6.71. The van der Waals surface area contributed by atoms with Crippen LogP contribution in [-0.4, -0.2) is 22.2 Å². The van der Waals surface area contributed by atoms with Crippen molar-refractivity contribution >= 4 is 11.9 Å². The molecule has 0 atom stereocenters. The predicted molar refractivity (Wildman–Crippen MR) is 79.6 cm³/mol. The molecule has 0 amide bonds. The average molecular weight is 280 g/mol. The number of rotatable bonds is 8. The fourth-order valence-corrected chi connectivity index (χ4v) is 1.81. The monoisotopic (exact) mass is 280 g/mol. The largest absolute Gasteiger partial charge is 0.477 e. The molecule has 0 aromatic rings. The molecule has 0 bridgehead atoms. The third kappa shape index (κ3) is 7.56. The van der Waals surface area contributed by atoms with Crippen molar-refractivity contribution in [3.05, 3.63) is 34.4 Å². The number of allylic oxidation sites excluding steroid dienone is 5. The normalized spacial score (nSPS) is 10.9. The highest BCUT2D eigenvalue weighted by molar-refractivity contribution is 6.13. The van der Waals surface area contributed by atoms with Gasteiger partial charge in [0.1, 0.15) is 5.57 Å². The number of aliphatic carboxylic acids is 2. The number of hydrogen-bond donors (Lipinski definition) is 2. The van der Waals surface area contributed by atoms with Crippen LogP contribution in [0.4, 0.5) is 0 Å². The lowest BCUT2D eigenvalue weighted by molar-refractivity contribution is -0.140. The standard InChI is InChI=1S/C16H24O4/c1-11(2)7-5-8-12(3)9-6-10-13(4)14(15(17)18)16(19)20/h7,9H,5-6,8,10H2,1-4H3,(H,17,18)(H,19,20). The summed E-state index contributed by atoms with van der Waals surface area (Å²) in [4.78, 5) is 21.6. The van der Waals surface area contributed by atoms with E-state index in [1.54, 1.807) is 6.92 Å². The van der Waals surface area contributed by atoms with Gasteiger partial charge in [0.2, 0.25) is 0 Å². The molecular weight excluding hydrogens is 256 g/mol. The molecule has 112 valence electrons. The van der Waals surface area contributed by atoms with Crippen molar-refractivity contribution in [2.75, 3.05) is 0 Å². The summed E-state index contributed by atoms with van der Waals surface area (Å²) in [7, 11) is 0. The van der Waals surface area contributed by atoms with E-state index in [4.69, 9.17) is 10.2 Å². The van der Waals surface area contributed by atoms with Gasteiger partial charge in [0.05, 0.1) is 0 Å². The van der Waals surface area contributed by atoms with Crippen LogP contribution in [0.25, 0.3) is 0 Å². The highest BCUT2D eigenvalue weighted by Gasteiger charge is 2.18. The third-order valence-electron chi connectivity index (χ3n) is 2.96. The van der Waals surface area contributed by atoms with Crippen LogP contribution in [0.2, 0.25) is 0 Å². The minimum Gasteiger partial charge on any atom is -0.477 e. The molecule has 0 spiro atoms. The maximum atomic E-state index is 10.8. The van der Waals surface area contributed by atoms with Gasteiger partial charge in [-0.05, 0) is 53.4 Å². The van der Waals surface area contributed by atoms with Crippen molar-refractivity contribution in [3.63, 3.8) is 0 Å². The lowest BCUT2D eigenvalue weighted by atomic mass is 10.0. The first-order chi connectivity index (χ1) is 9.25. The lowest BCUT2D eigenvalue weighted by Gasteiger charge is -2.04. The van der Waals surface area contributed by atoms with Crippen molar-refractivity contribution < 1.29 is 19.8 Å². The molecule has 0 aromatic heterocycles. The number of hydrogen-bond acceptors (Lipinski definition) is 2. The van der Waals surface area contributed by atoms with E-state index in [1.807, 2.05) is 13.0 Å². The molecule has 0 rings (SSSR count). The Morgan fingerprint density at radius 2 is 1.35 bits per heavy atom. The maximum absolute atomic E-state index is 10.8. The summed E-state index contributed by atoms with van der Waals surface area (Å²) in [5, 5.41) is 17.7. The first-order valence-electron chi connectivity index (χ1n) is 6.71. The molecule has 4 nitrogen and oxygen atoms in total. The Kier molecular flexibility index (Phi) is 8.29. The van der Waals surface area contributed by atoms with Gasteiger partial charge in [-0.2, -0.15) is 0 Å². The first kappa shape index (κ1) is 18.2. The Labute approximate surface area is 120 Å². The Morgan fingerprint density at radius 1 is 0.850 bits per heavy atom. The van der Waals surface area contributed by atoms with Crippen LogP contribution in [0.15, 0.2) is 34.4 Å². The molecule has 0 aliphatic heterocycles. The molecule has 0 unspecified atom stereocenters. The summed E-state index contributed by atoms with van der Waals surface area (Å²) < 4.78 is 0. The molecular formula is C16H24O4. The number of carbonyl (C=O) groups is 2. The summed E-state index contributed by atoms with van der Waals surface area (Å²) in [6, 6.07) is 0. The molecule has 0 aliphatic rings. The smallest absolute Gasteiger partial charge is 0.343 e. The maximum Gasteiger partial charge on any atom is 0.343 e. The molecule has 2 N–H and O–H groups in total. The van der Waals surface area contributed by atoms with Crippen LogP contribution in [0.1, 0.15) is 53.4 Å². The minimum absolute atomic E-state index is 0.401. The SMILES string of the molecule is CC(C)=CCCC(C)=CCCC(C)=C(C(=O)O)C(=O)O. The van der Waals surface area contributed by atoms with Gasteiger partial charge in [-0.15, -0.1) is 0 Å². The topological polar surface area (TPSA) is 74.6 Å². The van der Waals surface area contributed by atoms with Gasteiger partial charge in [-0.25, -0.2) is 9.59 Å². The molecule has 0 radical (unpaired) electrons. The van der Waals surface area contributed by atoms with Gasteiger partial charge >= 0.3 is 11.9 Å². The van der Waals surface area contributed by atoms with Gasteiger partial charge in [0, 0.05) is 0 Å². The molecule has 0 aromatic carbocycles. The van der Waals surface area contributed by atoms with Gasteiger partial charge < -0.3 is 10.2 Å². The van der Waals surface area contributed by atoms with E-state index in [1.165, 1.54) is 11.1 Å². The van der Waals surface area contributed by atoms with Crippen LogP contribution in [0, 0.1) is 0 Å². The zero-order chi connectivity index (χ0) is 15.7. The summed E-state index contributed by atoms with van der Waals surface area (Å²) in [5.41, 5.74) is 2.42. The van der Waals surface area contributed by atoms with Crippen LogP contribution in [-0.2, 0) is 9.59 Å². The molecule has 0 aliphatic carbocycles. The molecule has 0 heterocycles. The fraction of sp³-hybridized carbons (Fsp3) is 0.500. The Balaban J connectivity index is 4.47. The van der Waals surface area contributed by atoms with Crippen LogP contribution >= 0.6 is 0 Å². The van der Waals surface area contributed by atoms with E-state index >= 15 is 0 Å². The van der Waals surface area contributed by atoms with Gasteiger partial charge in [-0.3, -0.25) is 0 Å². The predicted octanol–water partition coefficient (Wildman–Crippen LogP) is 3.95. The van der Waals surface area contributed by atoms with Gasteiger partial charge in [0.25, 0.3) is 0 Å². The van der Waals surface area contributed by atoms with E-state index in [0.717, 1.165) is 12.8 Å². The third-order valence-corrected chi connectivity index (χ3v) is 2.96. The van der Waals surface area contributed by atoms with Crippen LogP contribution in [0.5, 0.6) is 0 Å². The average Bonchev–Trinajstić information content (AvgIpc) is 2.27. The Bertz CT molecular complexity index is 433. The van der Waals surface area contributed by atoms with Gasteiger partial charge in [-0.1, -0.05) is 28.9 Å². The molecule has 20 heavy (non-hydrogen) atoms. The van der Waals surface area contributed by atoms with E-state index in [9.17, 15) is 9.59 Å². The van der Waals surface area contributed by atoms with E-state index in [0.29, 0.717) is 18.4 Å². The second-order valence-corrected chi connectivity index (χ2v) is 5.17. The van der Waals surface area contributed by atoms with Crippen molar-refractivity contribution in [2.24, 2.45) is 0 Å². The van der Waals surface area contributed by atoms with E-state index in [2.05, 4.69) is 19.9 Å². The summed E-state index contributed by atoms with van der Waals surface area (Å²) >= 11 is 0. The quantitative estimate of drug-likeness (QED) is 0.305. The zero-order valence-electron chi connectivity index (χ0n) is 12.7. The van der Waals surface area contributed by atoms with Crippen molar-refractivity contribution in [3.8, 4) is 0 Å². The van der Waals surface area contributed by atoms with Crippen LogP contribution < -0.4 is 0 Å². The number of carboxylic acid groups (broad SMARTS) is 2. The summed E-state index contributed by atoms with van der Waals surface area (Å²) in [6.45, 7) is 7.72. The number of carboxylic acids is 2. The van der Waals surface area contributed by atoms with E-state index < -0.39 is 17.5 Å². The lowest BCUT2D eigenvalue weighted by Crippen LogP contribution is -2.13. The van der Waals surface area contributed by atoms with Crippen LogP contribution in [0.3, 0.4) is 0 Å². The second kappa shape index (κ2) is 9.13. The molecule has 0 saturated heterocycles. The highest BCUT2D eigenvalue weighted by Crippen LogP contribution is 2.14. The Hall–Kier alpha value is -1.84. The molecule has 0 saturated carbocycles.